The maximum absolute atomic E-state index is 10.6. The van der Waals surface area contributed by atoms with Crippen molar-refractivity contribution in [1.82, 2.24) is 0 Å². The predicted octanol–water partition coefficient (Wildman–Crippen LogP) is 4.86. The summed E-state index contributed by atoms with van der Waals surface area (Å²) in [5.41, 5.74) is 5.48. The second-order valence-electron chi connectivity index (χ2n) is 6.17. The van der Waals surface area contributed by atoms with E-state index in [0.717, 1.165) is 12.8 Å². The van der Waals surface area contributed by atoms with Crippen molar-refractivity contribution >= 4 is 7.82 Å². The normalized spacial score (nSPS) is 13.5. The summed E-state index contributed by atoms with van der Waals surface area (Å²) >= 11 is 0. The van der Waals surface area contributed by atoms with E-state index in [4.69, 9.17) is 15.5 Å². The molecule has 0 heterocycles. The van der Waals surface area contributed by atoms with Gasteiger partial charge < -0.3 is 15.5 Å². The first-order chi connectivity index (χ1) is 10.5. The van der Waals surface area contributed by atoms with E-state index in [-0.39, 0.29) is 0 Å². The number of hydrogen-bond acceptors (Lipinski definition) is 3. The SMILES string of the molecule is CCCCCCCCCCCCCCCC(N)OP(=O)(O)O. The van der Waals surface area contributed by atoms with E-state index in [1.807, 2.05) is 0 Å². The Bertz CT molecular complexity index is 283. The lowest BCUT2D eigenvalue weighted by molar-refractivity contribution is 0.129. The number of hydrogen-bond donors (Lipinski definition) is 3. The van der Waals surface area contributed by atoms with Gasteiger partial charge in [0.25, 0.3) is 0 Å². The van der Waals surface area contributed by atoms with Crippen molar-refractivity contribution in [3.05, 3.63) is 0 Å². The minimum atomic E-state index is -4.43. The molecule has 6 heteroatoms. The topological polar surface area (TPSA) is 92.8 Å². The summed E-state index contributed by atoms with van der Waals surface area (Å²) in [5.74, 6) is 0. The highest BCUT2D eigenvalue weighted by atomic mass is 31.2. The van der Waals surface area contributed by atoms with E-state index < -0.39 is 14.1 Å². The van der Waals surface area contributed by atoms with Gasteiger partial charge in [-0.15, -0.1) is 0 Å². The molecule has 1 unspecified atom stereocenters. The van der Waals surface area contributed by atoms with Gasteiger partial charge in [0.1, 0.15) is 6.23 Å². The fourth-order valence-corrected chi connectivity index (χ4v) is 3.05. The first-order valence-electron chi connectivity index (χ1n) is 8.95. The van der Waals surface area contributed by atoms with Crippen LogP contribution in [0.4, 0.5) is 0 Å². The summed E-state index contributed by atoms with van der Waals surface area (Å²) in [6.45, 7) is 2.25. The van der Waals surface area contributed by atoms with Gasteiger partial charge in [-0.25, -0.2) is 4.57 Å². The van der Waals surface area contributed by atoms with E-state index in [2.05, 4.69) is 11.4 Å². The summed E-state index contributed by atoms with van der Waals surface area (Å²) in [4.78, 5) is 17.2. The molecule has 0 aliphatic carbocycles. The molecule has 0 rings (SSSR count). The zero-order valence-electron chi connectivity index (χ0n) is 14.2. The Morgan fingerprint density at radius 2 is 1.18 bits per heavy atom. The first kappa shape index (κ1) is 22.1. The highest BCUT2D eigenvalue weighted by Gasteiger charge is 2.18. The van der Waals surface area contributed by atoms with Gasteiger partial charge in [0, 0.05) is 0 Å². The monoisotopic (exact) mass is 337 g/mol. The van der Waals surface area contributed by atoms with Crippen molar-refractivity contribution in [3.8, 4) is 0 Å². The van der Waals surface area contributed by atoms with Crippen LogP contribution in [0.15, 0.2) is 0 Å². The molecule has 0 aliphatic heterocycles. The number of nitrogens with two attached hydrogens (primary N) is 1. The Labute approximate surface area is 136 Å². The average Bonchev–Trinajstić information content (AvgIpc) is 2.42. The van der Waals surface area contributed by atoms with Crippen LogP contribution in [0, 0.1) is 0 Å². The molecule has 22 heavy (non-hydrogen) atoms. The van der Waals surface area contributed by atoms with Gasteiger partial charge in [0.05, 0.1) is 0 Å². The smallest absolute Gasteiger partial charge is 0.306 e. The Morgan fingerprint density at radius 3 is 1.55 bits per heavy atom. The summed E-state index contributed by atoms with van der Waals surface area (Å²) in [7, 11) is -4.43. The molecular weight excluding hydrogens is 301 g/mol. The Balaban J connectivity index is 3.16. The van der Waals surface area contributed by atoms with Crippen LogP contribution in [0.5, 0.6) is 0 Å². The second kappa shape index (κ2) is 14.6. The molecular formula is C16H36NO4P. The molecule has 0 aromatic carbocycles. The van der Waals surface area contributed by atoms with Crippen LogP contribution >= 0.6 is 7.82 Å². The van der Waals surface area contributed by atoms with Crippen LogP contribution in [0.3, 0.4) is 0 Å². The van der Waals surface area contributed by atoms with E-state index in [0.29, 0.717) is 6.42 Å². The first-order valence-corrected chi connectivity index (χ1v) is 10.5. The highest BCUT2D eigenvalue weighted by molar-refractivity contribution is 7.46. The van der Waals surface area contributed by atoms with Gasteiger partial charge in [0.2, 0.25) is 0 Å². The fraction of sp³-hybridized carbons (Fsp3) is 1.00. The van der Waals surface area contributed by atoms with Crippen molar-refractivity contribution in [1.29, 1.82) is 0 Å². The number of unbranched alkanes of at least 4 members (excludes halogenated alkanes) is 12. The van der Waals surface area contributed by atoms with Crippen molar-refractivity contribution in [2.45, 2.75) is 103 Å². The van der Waals surface area contributed by atoms with Gasteiger partial charge in [-0.2, -0.15) is 0 Å². The van der Waals surface area contributed by atoms with Gasteiger partial charge in [0.15, 0.2) is 0 Å². The lowest BCUT2D eigenvalue weighted by Gasteiger charge is -2.12. The maximum atomic E-state index is 10.6. The highest BCUT2D eigenvalue weighted by Crippen LogP contribution is 2.37. The van der Waals surface area contributed by atoms with E-state index in [1.165, 1.54) is 70.6 Å². The molecule has 1 atom stereocenters. The van der Waals surface area contributed by atoms with Crippen LogP contribution in [0.1, 0.15) is 96.8 Å². The van der Waals surface area contributed by atoms with Crippen LogP contribution in [-0.4, -0.2) is 16.0 Å². The number of phosphoric acid groups is 1. The lowest BCUT2D eigenvalue weighted by Crippen LogP contribution is -2.22. The van der Waals surface area contributed by atoms with Crippen molar-refractivity contribution < 1.29 is 18.9 Å². The fourth-order valence-electron chi connectivity index (χ4n) is 2.59. The van der Waals surface area contributed by atoms with Crippen molar-refractivity contribution in [3.63, 3.8) is 0 Å². The van der Waals surface area contributed by atoms with Crippen LogP contribution in [0.25, 0.3) is 0 Å². The van der Waals surface area contributed by atoms with Crippen LogP contribution in [0.2, 0.25) is 0 Å². The predicted molar refractivity (Wildman–Crippen MR) is 91.4 cm³/mol. The average molecular weight is 337 g/mol. The maximum Gasteiger partial charge on any atom is 0.471 e. The third-order valence-electron chi connectivity index (χ3n) is 3.86. The molecule has 0 saturated carbocycles. The molecule has 0 bridgehead atoms. The van der Waals surface area contributed by atoms with E-state index in [9.17, 15) is 4.57 Å². The molecule has 0 fully saturated rings. The van der Waals surface area contributed by atoms with E-state index in [1.54, 1.807) is 0 Å². The molecule has 0 aromatic rings. The molecule has 5 nitrogen and oxygen atoms in total. The summed E-state index contributed by atoms with van der Waals surface area (Å²) < 4.78 is 15.0. The molecule has 0 aliphatic rings. The third-order valence-corrected chi connectivity index (χ3v) is 4.41. The molecule has 0 aromatic heterocycles. The zero-order valence-corrected chi connectivity index (χ0v) is 15.1. The Kier molecular flexibility index (Phi) is 14.7. The van der Waals surface area contributed by atoms with Crippen LogP contribution in [-0.2, 0) is 9.09 Å². The second-order valence-corrected chi connectivity index (χ2v) is 7.36. The lowest BCUT2D eigenvalue weighted by atomic mass is 10.0. The summed E-state index contributed by atoms with van der Waals surface area (Å²) in [6.07, 6.45) is 16.2. The Morgan fingerprint density at radius 1 is 0.818 bits per heavy atom. The largest absolute Gasteiger partial charge is 0.471 e. The standard InChI is InChI=1S/C16H36NO4P/c1-2-3-4-5-6-7-8-9-10-11-12-13-14-15-16(17)21-22(18,19)20/h16H,2-15,17H2,1H3,(H2,18,19,20). The Hall–Kier alpha value is 0.0700. The minimum absolute atomic E-state index is 0.503. The molecule has 0 radical (unpaired) electrons. The van der Waals surface area contributed by atoms with Gasteiger partial charge in [-0.05, 0) is 12.8 Å². The quantitative estimate of drug-likeness (QED) is 0.212. The van der Waals surface area contributed by atoms with Gasteiger partial charge in [-0.1, -0.05) is 84.0 Å². The number of rotatable bonds is 16. The van der Waals surface area contributed by atoms with Crippen molar-refractivity contribution in [2.75, 3.05) is 0 Å². The van der Waals surface area contributed by atoms with Crippen molar-refractivity contribution in [2.24, 2.45) is 5.73 Å². The summed E-state index contributed by atoms with van der Waals surface area (Å²) in [6, 6.07) is 0. The molecule has 4 N–H and O–H groups in total. The van der Waals surface area contributed by atoms with Gasteiger partial charge >= 0.3 is 7.82 Å². The number of phosphoric ester groups is 1. The zero-order chi connectivity index (χ0) is 16.7. The van der Waals surface area contributed by atoms with Gasteiger partial charge in [-0.3, -0.25) is 4.52 Å². The molecule has 0 spiro atoms. The third kappa shape index (κ3) is 18.1. The molecule has 0 amide bonds. The van der Waals surface area contributed by atoms with Crippen LogP contribution < -0.4 is 5.73 Å². The molecule has 134 valence electrons. The summed E-state index contributed by atoms with van der Waals surface area (Å²) in [5, 5.41) is 0. The minimum Gasteiger partial charge on any atom is -0.306 e. The molecule has 0 saturated heterocycles. The van der Waals surface area contributed by atoms with E-state index >= 15 is 0 Å².